The van der Waals surface area contributed by atoms with E-state index in [-0.39, 0.29) is 29.0 Å². The van der Waals surface area contributed by atoms with Gasteiger partial charge in [-0.3, -0.25) is 4.72 Å². The number of hydrogen-bond acceptors (Lipinski definition) is 8. The molecule has 0 aliphatic carbocycles. The van der Waals surface area contributed by atoms with Crippen LogP contribution in [0.2, 0.25) is 0 Å². The van der Waals surface area contributed by atoms with Crippen molar-refractivity contribution in [3.63, 3.8) is 0 Å². The van der Waals surface area contributed by atoms with Gasteiger partial charge in [-0.1, -0.05) is 35.0 Å². The molecule has 0 bridgehead atoms. The fraction of sp³-hybridized carbons (Fsp3) is 0.300. The second-order valence-corrected chi connectivity index (χ2v) is 8.16. The molecule has 2 aromatic heterocycles. The Kier molecular flexibility index (Phi) is 5.00. The number of anilines is 1. The number of aromatic nitrogens is 4. The molecule has 0 atom stereocenters. The van der Waals surface area contributed by atoms with Crippen LogP contribution in [0.3, 0.4) is 0 Å². The molecule has 0 aliphatic heterocycles. The Bertz CT molecular complexity index is 1520. The van der Waals surface area contributed by atoms with Crippen molar-refractivity contribution in [1.82, 2.24) is 24.7 Å². The van der Waals surface area contributed by atoms with Gasteiger partial charge in [-0.05, 0) is 36.6 Å². The summed E-state index contributed by atoms with van der Waals surface area (Å²) in [5.74, 6) is -1.01. The number of rotatable bonds is 11. The molecular formula is C20H23BrN6O4S. The lowest BCUT2D eigenvalue weighted by Crippen LogP contribution is -2.31. The zero-order chi connectivity index (χ0) is 31.0. The van der Waals surface area contributed by atoms with E-state index in [1.54, 1.807) is 16.9 Å². The third-order valence-corrected chi connectivity index (χ3v) is 4.87. The van der Waals surface area contributed by atoms with Crippen LogP contribution in [-0.2, 0) is 10.2 Å². The second kappa shape index (κ2) is 11.2. The lowest BCUT2D eigenvalue weighted by molar-refractivity contribution is 0.202. The van der Waals surface area contributed by atoms with Crippen LogP contribution in [0.15, 0.2) is 47.4 Å². The van der Waals surface area contributed by atoms with Crippen molar-refractivity contribution in [2.24, 2.45) is 0 Å². The molecule has 170 valence electrons. The summed E-state index contributed by atoms with van der Waals surface area (Å²) in [5, 5.41) is 0. The largest absolute Gasteiger partial charge is 0.473 e. The van der Waals surface area contributed by atoms with Gasteiger partial charge in [0.15, 0.2) is 5.82 Å². The van der Waals surface area contributed by atoms with Crippen LogP contribution in [0.1, 0.15) is 31.2 Å². The quantitative estimate of drug-likeness (QED) is 0.386. The zero-order valence-electron chi connectivity index (χ0n) is 25.7. The summed E-state index contributed by atoms with van der Waals surface area (Å²) in [6.45, 7) is -4.34. The van der Waals surface area contributed by atoms with Gasteiger partial charge in [-0.15, -0.1) is 0 Å². The Balaban J connectivity index is 2.00. The summed E-state index contributed by atoms with van der Waals surface area (Å²) in [6, 6.07) is 5.59. The monoisotopic (exact) mass is 531 g/mol. The molecule has 0 saturated carbocycles. The summed E-state index contributed by atoms with van der Waals surface area (Å²) >= 11 is 3.27. The van der Waals surface area contributed by atoms with Crippen LogP contribution >= 0.6 is 15.9 Å². The lowest BCUT2D eigenvalue weighted by atomic mass is 10.1. The molecule has 0 radical (unpaired) electrons. The SMILES string of the molecule is [2H]c1nc(NS(=O)(=O)NC([2H])([2H])C([2H])([2H])C)c(-c2ccc(Br)cc2)c(OCC([2H])([2H])Oc2nc([2H])c(C)c([2H])n2)n1. The predicted octanol–water partition coefficient (Wildman–Crippen LogP) is 3.12. The van der Waals surface area contributed by atoms with Gasteiger partial charge in [-0.25, -0.2) is 19.9 Å². The molecule has 32 heavy (non-hydrogen) atoms. The maximum absolute atomic E-state index is 12.8. The van der Waals surface area contributed by atoms with Gasteiger partial charge in [0.05, 0.1) is 11.0 Å². The molecule has 12 heteroatoms. The van der Waals surface area contributed by atoms with Crippen molar-refractivity contribution in [3.05, 3.63) is 53.0 Å². The molecule has 0 saturated heterocycles. The predicted molar refractivity (Wildman–Crippen MR) is 124 cm³/mol. The fourth-order valence-electron chi connectivity index (χ4n) is 2.21. The highest BCUT2D eigenvalue weighted by molar-refractivity contribution is 9.10. The van der Waals surface area contributed by atoms with Crippen molar-refractivity contribution in [1.29, 1.82) is 0 Å². The molecular weight excluding hydrogens is 500 g/mol. The minimum atomic E-state index is -4.85. The van der Waals surface area contributed by atoms with E-state index in [1.807, 2.05) is 4.72 Å². The first-order valence-electron chi connectivity index (χ1n) is 13.3. The van der Waals surface area contributed by atoms with E-state index in [2.05, 4.69) is 35.9 Å². The van der Waals surface area contributed by atoms with E-state index in [1.165, 1.54) is 19.1 Å². The first-order valence-corrected chi connectivity index (χ1v) is 11.1. The van der Waals surface area contributed by atoms with E-state index in [0.717, 1.165) is 6.92 Å². The van der Waals surface area contributed by atoms with Crippen LogP contribution < -0.4 is 18.9 Å². The second-order valence-electron chi connectivity index (χ2n) is 5.83. The molecule has 0 aliphatic rings. The molecule has 0 fully saturated rings. The lowest BCUT2D eigenvalue weighted by Gasteiger charge is -2.15. The standard InChI is InChI=1S/C20H23BrN6O4S/c1-3-8-26-32(28,29)27-18-17(15-4-6-16(21)7-5-15)19(25-13-24-18)30-9-10-31-20-22-11-14(2)12-23-20/h4-7,11-13,26H,3,8-10H2,1-2H3,(H,24,25,27)/i3D2,8D2,10D2,11D,12D,13D. The van der Waals surface area contributed by atoms with Crippen molar-refractivity contribution in [2.75, 3.05) is 24.4 Å². The molecule has 0 amide bonds. The van der Waals surface area contributed by atoms with Gasteiger partial charge >= 0.3 is 6.01 Å². The van der Waals surface area contributed by atoms with Crippen LogP contribution in [0.4, 0.5) is 5.82 Å². The topological polar surface area (TPSA) is 128 Å². The Morgan fingerprint density at radius 3 is 2.53 bits per heavy atom. The van der Waals surface area contributed by atoms with E-state index >= 15 is 0 Å². The van der Waals surface area contributed by atoms with Crippen LogP contribution in [0, 0.1) is 6.92 Å². The highest BCUT2D eigenvalue weighted by atomic mass is 79.9. The number of ether oxygens (including phenoxy) is 2. The molecule has 10 nitrogen and oxygen atoms in total. The number of halogens is 1. The van der Waals surface area contributed by atoms with Crippen molar-refractivity contribution in [3.8, 4) is 23.0 Å². The first-order chi connectivity index (χ1) is 18.7. The van der Waals surface area contributed by atoms with Gasteiger partial charge < -0.3 is 9.47 Å². The number of nitrogens with one attached hydrogen (secondary N) is 2. The minimum Gasteiger partial charge on any atom is -0.473 e. The smallest absolute Gasteiger partial charge is 0.316 e. The summed E-state index contributed by atoms with van der Waals surface area (Å²) < 4.78 is 111. The third kappa shape index (κ3) is 6.84. The molecule has 1 aromatic carbocycles. The van der Waals surface area contributed by atoms with E-state index in [0.29, 0.717) is 4.47 Å². The highest BCUT2D eigenvalue weighted by Gasteiger charge is 2.19. The first kappa shape index (κ1) is 14.3. The van der Waals surface area contributed by atoms with E-state index in [4.69, 9.17) is 21.8 Å². The van der Waals surface area contributed by atoms with Gasteiger partial charge in [0.25, 0.3) is 10.2 Å². The maximum Gasteiger partial charge on any atom is 0.316 e. The number of nitrogens with zero attached hydrogens (tertiary/aromatic N) is 4. The fourth-order valence-corrected chi connectivity index (χ4v) is 3.16. The van der Waals surface area contributed by atoms with Crippen LogP contribution in [-0.4, -0.2) is 48.0 Å². The Morgan fingerprint density at radius 1 is 1.12 bits per heavy atom. The molecule has 0 spiro atoms. The summed E-state index contributed by atoms with van der Waals surface area (Å²) in [6.07, 6.45) is -4.05. The van der Waals surface area contributed by atoms with E-state index < -0.39 is 60.3 Å². The summed E-state index contributed by atoms with van der Waals surface area (Å²) in [5.41, 5.74) is 0.240. The highest BCUT2D eigenvalue weighted by Crippen LogP contribution is 2.34. The van der Waals surface area contributed by atoms with Gasteiger partial charge in [0, 0.05) is 28.8 Å². The maximum atomic E-state index is 12.8. The average molecular weight is 532 g/mol. The van der Waals surface area contributed by atoms with Crippen molar-refractivity contribution >= 4 is 32.0 Å². The zero-order valence-corrected chi connectivity index (χ0v) is 19.1. The van der Waals surface area contributed by atoms with Crippen LogP contribution in [0.5, 0.6) is 11.9 Å². The molecule has 3 rings (SSSR count). The normalized spacial score (nSPS) is 16.7. The number of benzene rings is 1. The molecule has 2 heterocycles. The van der Waals surface area contributed by atoms with Gasteiger partial charge in [0.2, 0.25) is 5.88 Å². The molecule has 0 unspecified atom stereocenters. The van der Waals surface area contributed by atoms with Crippen LogP contribution in [0.25, 0.3) is 11.1 Å². The Labute approximate surface area is 207 Å². The Morgan fingerprint density at radius 2 is 1.84 bits per heavy atom. The van der Waals surface area contributed by atoms with E-state index in [9.17, 15) is 8.42 Å². The molecule has 2 N–H and O–H groups in total. The number of hydrogen-bond donors (Lipinski definition) is 2. The minimum absolute atomic E-state index is 0.157. The van der Waals surface area contributed by atoms with Crippen molar-refractivity contribution < 1.29 is 30.2 Å². The van der Waals surface area contributed by atoms with Gasteiger partial charge in [-0.2, -0.15) is 13.1 Å². The summed E-state index contributed by atoms with van der Waals surface area (Å²) in [7, 11) is -4.85. The van der Waals surface area contributed by atoms with Gasteiger partial charge in [0.1, 0.15) is 20.8 Å². The molecule has 3 aromatic rings. The average Bonchev–Trinajstić information content (AvgIpc) is 2.80. The third-order valence-electron chi connectivity index (χ3n) is 3.51. The Hall–Kier alpha value is -2.83. The van der Waals surface area contributed by atoms with Crippen molar-refractivity contribution in [2.45, 2.75) is 20.2 Å². The summed E-state index contributed by atoms with van der Waals surface area (Å²) in [4.78, 5) is 15.0.